The van der Waals surface area contributed by atoms with Crippen molar-refractivity contribution in [3.05, 3.63) is 129 Å². The topological polar surface area (TPSA) is 86.8 Å². The van der Waals surface area contributed by atoms with Crippen molar-refractivity contribution in [1.29, 1.82) is 0 Å². The van der Waals surface area contributed by atoms with Crippen LogP contribution in [-0.4, -0.2) is 43.8 Å². The third-order valence-electron chi connectivity index (χ3n) is 8.60. The highest BCUT2D eigenvalue weighted by atomic mass is 35.5. The van der Waals surface area contributed by atoms with Crippen LogP contribution in [0.25, 0.3) is 0 Å². The molecular formula is C37H39Cl2N3O4S. The average molecular weight is 693 g/mol. The number of halogens is 2. The van der Waals surface area contributed by atoms with Crippen LogP contribution in [0.15, 0.2) is 102 Å². The maximum atomic E-state index is 14.7. The molecular weight excluding hydrogens is 653 g/mol. The molecule has 0 heterocycles. The van der Waals surface area contributed by atoms with Crippen LogP contribution in [0.1, 0.15) is 47.9 Å². The molecule has 0 radical (unpaired) electrons. The van der Waals surface area contributed by atoms with E-state index in [-0.39, 0.29) is 45.5 Å². The number of hydrogen-bond donors (Lipinski definition) is 1. The van der Waals surface area contributed by atoms with Gasteiger partial charge in [0.2, 0.25) is 11.8 Å². The zero-order chi connectivity index (χ0) is 33.6. The molecule has 1 unspecified atom stereocenters. The maximum absolute atomic E-state index is 14.7. The Kier molecular flexibility index (Phi) is 11.3. The van der Waals surface area contributed by atoms with Crippen molar-refractivity contribution in [2.24, 2.45) is 0 Å². The zero-order valence-corrected chi connectivity index (χ0v) is 28.9. The number of anilines is 1. The van der Waals surface area contributed by atoms with Crippen LogP contribution in [0.5, 0.6) is 0 Å². The summed E-state index contributed by atoms with van der Waals surface area (Å²) >= 11 is 12.7. The van der Waals surface area contributed by atoms with E-state index in [1.54, 1.807) is 12.1 Å². The van der Waals surface area contributed by atoms with Gasteiger partial charge in [0, 0.05) is 29.1 Å². The first-order chi connectivity index (χ1) is 22.5. The molecule has 246 valence electrons. The number of hydrogen-bond acceptors (Lipinski definition) is 4. The largest absolute Gasteiger partial charge is 0.352 e. The second kappa shape index (κ2) is 15.4. The van der Waals surface area contributed by atoms with Gasteiger partial charge in [0.25, 0.3) is 10.0 Å². The normalized spacial score (nSPS) is 14.0. The predicted octanol–water partition coefficient (Wildman–Crippen LogP) is 7.50. The first-order valence-corrected chi connectivity index (χ1v) is 17.9. The van der Waals surface area contributed by atoms with Gasteiger partial charge in [-0.1, -0.05) is 108 Å². The van der Waals surface area contributed by atoms with Gasteiger partial charge >= 0.3 is 0 Å². The lowest BCUT2D eigenvalue weighted by Crippen LogP contribution is -2.54. The minimum atomic E-state index is -4.27. The molecule has 4 aromatic carbocycles. The molecule has 1 saturated carbocycles. The van der Waals surface area contributed by atoms with Crippen molar-refractivity contribution in [3.8, 4) is 0 Å². The van der Waals surface area contributed by atoms with E-state index in [9.17, 15) is 18.0 Å². The molecule has 1 atom stereocenters. The summed E-state index contributed by atoms with van der Waals surface area (Å²) in [5.74, 6) is -0.802. The van der Waals surface area contributed by atoms with E-state index >= 15 is 0 Å². The molecule has 7 nitrogen and oxygen atoms in total. The minimum Gasteiger partial charge on any atom is -0.352 e. The number of carbonyl (C=O) groups excluding carboxylic acids is 2. The summed E-state index contributed by atoms with van der Waals surface area (Å²) in [4.78, 5) is 30.4. The molecule has 2 amide bonds. The predicted molar refractivity (Wildman–Crippen MR) is 188 cm³/mol. The molecule has 1 aliphatic rings. The Morgan fingerprint density at radius 1 is 0.851 bits per heavy atom. The van der Waals surface area contributed by atoms with Gasteiger partial charge in [-0.2, -0.15) is 0 Å². The van der Waals surface area contributed by atoms with Crippen LogP contribution in [0.4, 0.5) is 5.69 Å². The maximum Gasteiger partial charge on any atom is 0.264 e. The number of carbonyl (C=O) groups is 2. The standard InChI is InChI=1S/C37H39Cl2N3O4S/c1-26-16-18-34(19-17-26)47(45,46)42(33-22-30(38)21-31(39)23-33)25-36(43)41(24-29-13-7-6-10-27(29)2)35(20-28-11-4-3-5-12-28)37(44)40-32-14-8-9-15-32/h3-7,10-13,16-19,21-23,32,35H,8-9,14-15,20,24-25H2,1-2H3,(H,40,44). The van der Waals surface area contributed by atoms with E-state index in [4.69, 9.17) is 23.2 Å². The number of benzene rings is 4. The molecule has 10 heteroatoms. The summed E-state index contributed by atoms with van der Waals surface area (Å²) in [6.07, 6.45) is 4.09. The molecule has 47 heavy (non-hydrogen) atoms. The number of sulfonamides is 1. The van der Waals surface area contributed by atoms with Crippen molar-refractivity contribution in [2.75, 3.05) is 10.8 Å². The molecule has 0 bridgehead atoms. The Hall–Kier alpha value is -3.85. The molecule has 1 aliphatic carbocycles. The fraction of sp³-hybridized carbons (Fsp3) is 0.297. The molecule has 0 aromatic heterocycles. The molecule has 1 N–H and O–H groups in total. The summed E-state index contributed by atoms with van der Waals surface area (Å²) < 4.78 is 29.5. The number of aryl methyl sites for hydroxylation is 2. The van der Waals surface area contributed by atoms with Gasteiger partial charge in [0.05, 0.1) is 10.6 Å². The van der Waals surface area contributed by atoms with E-state index in [2.05, 4.69) is 5.32 Å². The first-order valence-electron chi connectivity index (χ1n) is 15.7. The van der Waals surface area contributed by atoms with Gasteiger partial charge in [0.15, 0.2) is 0 Å². The van der Waals surface area contributed by atoms with E-state index in [1.807, 2.05) is 68.4 Å². The number of nitrogens with one attached hydrogen (secondary N) is 1. The number of nitrogens with zero attached hydrogens (tertiary/aromatic N) is 2. The molecule has 5 rings (SSSR count). The summed E-state index contributed by atoms with van der Waals surface area (Å²) in [6.45, 7) is 3.34. The Morgan fingerprint density at radius 3 is 2.11 bits per heavy atom. The SMILES string of the molecule is Cc1ccc(S(=O)(=O)N(CC(=O)N(Cc2ccccc2C)C(Cc2ccccc2)C(=O)NC2CCCC2)c2cc(Cl)cc(Cl)c2)cc1. The van der Waals surface area contributed by atoms with Gasteiger partial charge in [-0.25, -0.2) is 8.42 Å². The smallest absolute Gasteiger partial charge is 0.264 e. The second-order valence-corrected chi connectivity index (χ2v) is 14.8. The molecule has 0 aliphatic heterocycles. The molecule has 1 fully saturated rings. The monoisotopic (exact) mass is 691 g/mol. The van der Waals surface area contributed by atoms with E-state index < -0.39 is 28.5 Å². The second-order valence-electron chi connectivity index (χ2n) is 12.1. The van der Waals surface area contributed by atoms with Crippen LogP contribution < -0.4 is 9.62 Å². The summed E-state index contributed by atoms with van der Waals surface area (Å²) in [5.41, 5.74) is 3.71. The van der Waals surface area contributed by atoms with Crippen LogP contribution >= 0.6 is 23.2 Å². The van der Waals surface area contributed by atoms with E-state index in [0.29, 0.717) is 0 Å². The van der Waals surface area contributed by atoms with Gasteiger partial charge in [-0.3, -0.25) is 13.9 Å². The number of rotatable bonds is 12. The quantitative estimate of drug-likeness (QED) is 0.167. The lowest BCUT2D eigenvalue weighted by molar-refractivity contribution is -0.140. The Balaban J connectivity index is 1.59. The van der Waals surface area contributed by atoms with Crippen molar-refractivity contribution in [2.45, 2.75) is 69.5 Å². The van der Waals surface area contributed by atoms with Gasteiger partial charge in [-0.05, 0) is 73.7 Å². The lowest BCUT2D eigenvalue weighted by atomic mass is 10.0. The highest BCUT2D eigenvalue weighted by Gasteiger charge is 2.36. The lowest BCUT2D eigenvalue weighted by Gasteiger charge is -2.34. The first kappa shape index (κ1) is 34.5. The summed E-state index contributed by atoms with van der Waals surface area (Å²) in [5, 5.41) is 3.64. The van der Waals surface area contributed by atoms with Gasteiger partial charge in [-0.15, -0.1) is 0 Å². The van der Waals surface area contributed by atoms with Gasteiger partial charge in [0.1, 0.15) is 12.6 Å². The third kappa shape index (κ3) is 8.74. The van der Waals surface area contributed by atoms with E-state index in [1.165, 1.54) is 35.2 Å². The Labute approximate surface area is 287 Å². The Bertz CT molecular complexity index is 1790. The van der Waals surface area contributed by atoms with Gasteiger partial charge < -0.3 is 10.2 Å². The molecule has 0 spiro atoms. The van der Waals surface area contributed by atoms with Crippen molar-refractivity contribution >= 4 is 50.7 Å². The fourth-order valence-electron chi connectivity index (χ4n) is 5.94. The van der Waals surface area contributed by atoms with Crippen LogP contribution in [0.3, 0.4) is 0 Å². The molecule has 0 saturated heterocycles. The van der Waals surface area contributed by atoms with Crippen molar-refractivity contribution in [3.63, 3.8) is 0 Å². The number of amides is 2. The molecule has 4 aromatic rings. The average Bonchev–Trinajstić information content (AvgIpc) is 3.55. The summed E-state index contributed by atoms with van der Waals surface area (Å²) in [6, 6.07) is 27.2. The van der Waals surface area contributed by atoms with Crippen molar-refractivity contribution < 1.29 is 18.0 Å². The van der Waals surface area contributed by atoms with Crippen LogP contribution in [0, 0.1) is 13.8 Å². The van der Waals surface area contributed by atoms with Crippen LogP contribution in [-0.2, 0) is 32.6 Å². The highest BCUT2D eigenvalue weighted by Crippen LogP contribution is 2.31. The van der Waals surface area contributed by atoms with Crippen molar-refractivity contribution in [1.82, 2.24) is 10.2 Å². The fourth-order valence-corrected chi connectivity index (χ4v) is 7.85. The van der Waals surface area contributed by atoms with E-state index in [0.717, 1.165) is 52.2 Å². The minimum absolute atomic E-state index is 0.0114. The summed E-state index contributed by atoms with van der Waals surface area (Å²) in [7, 11) is -4.27. The van der Waals surface area contributed by atoms with Crippen LogP contribution in [0.2, 0.25) is 10.0 Å². The zero-order valence-electron chi connectivity index (χ0n) is 26.5. The Morgan fingerprint density at radius 2 is 1.47 bits per heavy atom. The highest BCUT2D eigenvalue weighted by molar-refractivity contribution is 7.92. The third-order valence-corrected chi connectivity index (χ3v) is 10.8.